The summed E-state index contributed by atoms with van der Waals surface area (Å²) in [5, 5.41) is 20.3. The number of aliphatic carboxylic acids is 1. The summed E-state index contributed by atoms with van der Waals surface area (Å²) in [4.78, 5) is 31.8. The van der Waals surface area contributed by atoms with Gasteiger partial charge in [0.1, 0.15) is 11.9 Å². The number of pyridine rings is 1. The number of carboxylic acid groups (broad SMARTS) is 1. The number of hydrogen-bond acceptors (Lipinski definition) is 7. The Kier molecular flexibility index (Phi) is 8.23. The first-order valence-corrected chi connectivity index (χ1v) is 13.6. The molecule has 0 spiro atoms. The van der Waals surface area contributed by atoms with Gasteiger partial charge in [-0.25, -0.2) is 14.5 Å². The zero-order chi connectivity index (χ0) is 27.4. The van der Waals surface area contributed by atoms with Gasteiger partial charge in [0.05, 0.1) is 29.8 Å². The van der Waals surface area contributed by atoms with Crippen molar-refractivity contribution in [3.8, 4) is 5.69 Å². The first-order valence-electron chi connectivity index (χ1n) is 13.6. The highest BCUT2D eigenvalue weighted by Crippen LogP contribution is 2.21. The van der Waals surface area contributed by atoms with Gasteiger partial charge >= 0.3 is 5.97 Å². The number of nitrogens with zero attached hydrogens (tertiary/aromatic N) is 4. The number of carboxylic acids is 1. The molecule has 10 nitrogen and oxygen atoms in total. The van der Waals surface area contributed by atoms with Crippen LogP contribution in [-0.4, -0.2) is 75.0 Å². The summed E-state index contributed by atoms with van der Waals surface area (Å²) in [6.07, 6.45) is 3.46. The van der Waals surface area contributed by atoms with Crippen LogP contribution >= 0.6 is 0 Å². The van der Waals surface area contributed by atoms with E-state index >= 15 is 0 Å². The van der Waals surface area contributed by atoms with Crippen molar-refractivity contribution in [3.63, 3.8) is 0 Å². The number of aromatic nitrogens is 3. The van der Waals surface area contributed by atoms with E-state index < -0.39 is 17.9 Å². The third-order valence-corrected chi connectivity index (χ3v) is 7.35. The predicted octanol–water partition coefficient (Wildman–Crippen LogP) is 3.11. The molecule has 0 saturated carbocycles. The number of ether oxygens (including phenoxy) is 1. The molecular formula is C29H36N6O4. The second-order valence-electron chi connectivity index (χ2n) is 10.4. The zero-order valence-electron chi connectivity index (χ0n) is 22.5. The number of hydrogen-bond donors (Lipinski definition) is 3. The summed E-state index contributed by atoms with van der Waals surface area (Å²) in [5.41, 5.74) is 5.16. The van der Waals surface area contributed by atoms with E-state index in [0.717, 1.165) is 67.5 Å². The minimum Gasteiger partial charge on any atom is -0.480 e. The zero-order valence-corrected chi connectivity index (χ0v) is 22.5. The number of nitrogens with one attached hydrogen (secondary N) is 2. The summed E-state index contributed by atoms with van der Waals surface area (Å²) in [5.74, 6) is -0.493. The summed E-state index contributed by atoms with van der Waals surface area (Å²) in [6, 6.07) is 12.2. The van der Waals surface area contributed by atoms with E-state index in [4.69, 9.17) is 9.72 Å². The van der Waals surface area contributed by atoms with Crippen molar-refractivity contribution in [1.82, 2.24) is 25.0 Å². The van der Waals surface area contributed by atoms with Crippen LogP contribution in [0.2, 0.25) is 0 Å². The third-order valence-electron chi connectivity index (χ3n) is 7.35. The van der Waals surface area contributed by atoms with Gasteiger partial charge in [-0.15, -0.1) is 0 Å². The molecule has 2 atom stereocenters. The van der Waals surface area contributed by atoms with E-state index in [1.54, 1.807) is 22.9 Å². The molecule has 1 aromatic carbocycles. The van der Waals surface area contributed by atoms with Crippen LogP contribution < -0.4 is 10.6 Å². The largest absolute Gasteiger partial charge is 0.480 e. The van der Waals surface area contributed by atoms with Crippen molar-refractivity contribution in [1.29, 1.82) is 0 Å². The van der Waals surface area contributed by atoms with Crippen LogP contribution in [0.25, 0.3) is 5.69 Å². The molecule has 4 heterocycles. The van der Waals surface area contributed by atoms with Gasteiger partial charge in [0, 0.05) is 37.4 Å². The number of aryl methyl sites for hydroxylation is 3. The number of fused-ring (bicyclic) bond motifs is 1. The highest BCUT2D eigenvalue weighted by atomic mass is 16.5. The van der Waals surface area contributed by atoms with Crippen molar-refractivity contribution in [3.05, 3.63) is 70.7 Å². The van der Waals surface area contributed by atoms with Crippen LogP contribution in [0.1, 0.15) is 52.3 Å². The molecule has 10 heteroatoms. The van der Waals surface area contributed by atoms with Gasteiger partial charge in [-0.2, -0.15) is 5.10 Å². The van der Waals surface area contributed by atoms with Crippen LogP contribution in [-0.2, 0) is 22.6 Å². The molecule has 2 aliphatic heterocycles. The second kappa shape index (κ2) is 12.0. The maximum atomic E-state index is 12.9. The van der Waals surface area contributed by atoms with E-state index in [2.05, 4.69) is 26.7 Å². The van der Waals surface area contributed by atoms with Crippen LogP contribution in [0.3, 0.4) is 0 Å². The Hall–Kier alpha value is -3.76. The molecule has 1 fully saturated rings. The summed E-state index contributed by atoms with van der Waals surface area (Å²) >= 11 is 0. The lowest BCUT2D eigenvalue weighted by Crippen LogP contribution is -2.43. The lowest BCUT2D eigenvalue weighted by molar-refractivity contribution is -0.139. The smallest absolute Gasteiger partial charge is 0.326 e. The Balaban J connectivity index is 1.11. The number of carbonyl (C=O) groups excluding carboxylic acids is 1. The molecule has 1 saturated heterocycles. The maximum absolute atomic E-state index is 12.9. The van der Waals surface area contributed by atoms with Crippen LogP contribution in [0.4, 0.5) is 5.82 Å². The Bertz CT molecular complexity index is 1340. The standard InChI is InChI=1S/C29H36N6O4/c1-19-15-20(2)35(33-19)24-7-3-5-22(16-24)28(36)32-26(29(37)38)11-14-34-13-10-25(17-34)39-18-23-9-8-21-6-4-12-30-27(21)31-23/h3,5,7-9,15-16,25-26H,4,6,10-14,17-18H2,1-2H3,(H,30,31)(H,32,36)(H,37,38). The monoisotopic (exact) mass is 532 g/mol. The fourth-order valence-electron chi connectivity index (χ4n) is 5.27. The molecule has 2 aliphatic rings. The van der Waals surface area contributed by atoms with Crippen molar-refractivity contribution in [2.24, 2.45) is 0 Å². The lowest BCUT2D eigenvalue weighted by Gasteiger charge is -2.20. The van der Waals surface area contributed by atoms with E-state index in [-0.39, 0.29) is 6.10 Å². The van der Waals surface area contributed by atoms with E-state index in [1.807, 2.05) is 32.0 Å². The van der Waals surface area contributed by atoms with Gasteiger partial charge in [0.2, 0.25) is 0 Å². The molecule has 206 valence electrons. The van der Waals surface area contributed by atoms with Gasteiger partial charge in [-0.1, -0.05) is 12.1 Å². The average molecular weight is 533 g/mol. The molecule has 5 rings (SSSR count). The minimum atomic E-state index is -1.04. The molecule has 2 aromatic heterocycles. The summed E-state index contributed by atoms with van der Waals surface area (Å²) in [7, 11) is 0. The molecule has 3 N–H and O–H groups in total. The van der Waals surface area contributed by atoms with Crippen molar-refractivity contribution < 1.29 is 19.4 Å². The molecular weight excluding hydrogens is 496 g/mol. The van der Waals surface area contributed by atoms with Crippen LogP contribution in [0.15, 0.2) is 42.5 Å². The number of anilines is 1. The molecule has 0 radical (unpaired) electrons. The summed E-state index contributed by atoms with van der Waals surface area (Å²) < 4.78 is 7.89. The highest BCUT2D eigenvalue weighted by Gasteiger charge is 2.27. The van der Waals surface area contributed by atoms with Gasteiger partial charge in [0.25, 0.3) is 5.91 Å². The van der Waals surface area contributed by atoms with Crippen molar-refractivity contribution in [2.75, 3.05) is 31.5 Å². The highest BCUT2D eigenvalue weighted by molar-refractivity contribution is 5.97. The maximum Gasteiger partial charge on any atom is 0.326 e. The number of carbonyl (C=O) groups is 2. The lowest BCUT2D eigenvalue weighted by atomic mass is 10.1. The topological polar surface area (TPSA) is 122 Å². The first kappa shape index (κ1) is 26.8. The fraction of sp³-hybridized carbons (Fsp3) is 0.448. The minimum absolute atomic E-state index is 0.0748. The fourth-order valence-corrected chi connectivity index (χ4v) is 5.27. The molecule has 2 unspecified atom stereocenters. The van der Waals surface area contributed by atoms with Crippen LogP contribution in [0.5, 0.6) is 0 Å². The van der Waals surface area contributed by atoms with E-state index in [1.165, 1.54) is 5.56 Å². The van der Waals surface area contributed by atoms with Crippen molar-refractivity contribution in [2.45, 2.75) is 58.3 Å². The van der Waals surface area contributed by atoms with Gasteiger partial charge in [-0.3, -0.25) is 4.79 Å². The molecule has 3 aromatic rings. The molecule has 0 aliphatic carbocycles. The Morgan fingerprint density at radius 2 is 2.10 bits per heavy atom. The van der Waals surface area contributed by atoms with E-state index in [9.17, 15) is 14.7 Å². The molecule has 1 amide bonds. The summed E-state index contributed by atoms with van der Waals surface area (Å²) in [6.45, 7) is 7.39. The number of likely N-dealkylation sites (tertiary alicyclic amines) is 1. The van der Waals surface area contributed by atoms with Gasteiger partial charge < -0.3 is 25.4 Å². The Labute approximate surface area is 228 Å². The van der Waals surface area contributed by atoms with Crippen molar-refractivity contribution >= 4 is 17.7 Å². The van der Waals surface area contributed by atoms with Gasteiger partial charge in [-0.05, 0) is 75.4 Å². The molecule has 0 bridgehead atoms. The van der Waals surface area contributed by atoms with E-state index in [0.29, 0.717) is 25.1 Å². The second-order valence-corrected chi connectivity index (χ2v) is 10.4. The molecule has 39 heavy (non-hydrogen) atoms. The quantitative estimate of drug-likeness (QED) is 0.364. The Morgan fingerprint density at radius 3 is 2.90 bits per heavy atom. The van der Waals surface area contributed by atoms with Gasteiger partial charge in [0.15, 0.2) is 0 Å². The Morgan fingerprint density at radius 1 is 1.23 bits per heavy atom. The number of rotatable bonds is 10. The predicted molar refractivity (Wildman–Crippen MR) is 147 cm³/mol. The average Bonchev–Trinajstić information content (AvgIpc) is 3.54. The number of amides is 1. The normalized spacial score (nSPS) is 17.8. The first-order chi connectivity index (χ1) is 18.9. The number of benzene rings is 1. The van der Waals surface area contributed by atoms with Crippen LogP contribution in [0, 0.1) is 13.8 Å². The SMILES string of the molecule is Cc1cc(C)n(-c2cccc(C(=O)NC(CCN3CCC(OCc4ccc5c(n4)NCCC5)C3)C(=O)O)c2)n1. The third kappa shape index (κ3) is 6.63.